The van der Waals surface area contributed by atoms with E-state index in [2.05, 4.69) is 32.3 Å². The first kappa shape index (κ1) is 23.0. The molecule has 0 aromatic heterocycles. The van der Waals surface area contributed by atoms with Crippen LogP contribution in [0.15, 0.2) is 4.99 Å². The SMILES string of the molecule is CN=C(NCCCCN1CCC(C)CC1)NCCN1CCCCC1.I. The molecule has 2 N–H and O–H groups in total. The summed E-state index contributed by atoms with van der Waals surface area (Å²) in [6.45, 7) is 11.9. The molecule has 0 atom stereocenters. The molecule has 0 unspecified atom stereocenters. The van der Waals surface area contributed by atoms with E-state index in [0.717, 1.165) is 31.5 Å². The monoisotopic (exact) mass is 465 g/mol. The highest BCUT2D eigenvalue weighted by Crippen LogP contribution is 2.16. The van der Waals surface area contributed by atoms with Gasteiger partial charge in [-0.15, -0.1) is 24.0 Å². The molecule has 2 rings (SSSR count). The van der Waals surface area contributed by atoms with E-state index in [-0.39, 0.29) is 24.0 Å². The van der Waals surface area contributed by atoms with Crippen LogP contribution >= 0.6 is 24.0 Å². The van der Waals surface area contributed by atoms with E-state index in [1.165, 1.54) is 77.7 Å². The molecule has 148 valence electrons. The molecule has 2 aliphatic rings. The van der Waals surface area contributed by atoms with Gasteiger partial charge in [-0.2, -0.15) is 0 Å². The van der Waals surface area contributed by atoms with Gasteiger partial charge in [-0.25, -0.2) is 0 Å². The largest absolute Gasteiger partial charge is 0.356 e. The van der Waals surface area contributed by atoms with Crippen molar-refractivity contribution in [2.24, 2.45) is 10.9 Å². The molecule has 0 bridgehead atoms. The standard InChI is InChI=1S/C19H39N5.HI/c1-18-8-15-24(16-9-18)14-7-4-10-21-19(20-2)22-11-17-23-12-5-3-6-13-23;/h18H,3-17H2,1-2H3,(H2,20,21,22);1H. The van der Waals surface area contributed by atoms with Crippen LogP contribution in [0.25, 0.3) is 0 Å². The molecule has 0 amide bonds. The lowest BCUT2D eigenvalue weighted by Crippen LogP contribution is -2.43. The molecular formula is C19H40IN5. The lowest BCUT2D eigenvalue weighted by molar-refractivity contribution is 0.189. The second-order valence-electron chi connectivity index (χ2n) is 7.56. The van der Waals surface area contributed by atoms with Crippen LogP contribution in [0.1, 0.15) is 51.9 Å². The Labute approximate surface area is 172 Å². The average molecular weight is 465 g/mol. The summed E-state index contributed by atoms with van der Waals surface area (Å²) in [5.41, 5.74) is 0. The van der Waals surface area contributed by atoms with Crippen molar-refractivity contribution in [1.29, 1.82) is 0 Å². The predicted octanol–water partition coefficient (Wildman–Crippen LogP) is 2.77. The van der Waals surface area contributed by atoms with Crippen LogP contribution in [0.4, 0.5) is 0 Å². The summed E-state index contributed by atoms with van der Waals surface area (Å²) < 4.78 is 0. The maximum absolute atomic E-state index is 4.33. The van der Waals surface area contributed by atoms with Crippen molar-refractivity contribution < 1.29 is 0 Å². The Bertz CT molecular complexity index is 350. The van der Waals surface area contributed by atoms with Crippen molar-refractivity contribution in [2.45, 2.75) is 51.9 Å². The maximum atomic E-state index is 4.33. The van der Waals surface area contributed by atoms with Gasteiger partial charge in [-0.1, -0.05) is 13.3 Å². The van der Waals surface area contributed by atoms with Gasteiger partial charge in [-0.05, 0) is 77.2 Å². The third-order valence-corrected chi connectivity index (χ3v) is 5.46. The highest BCUT2D eigenvalue weighted by atomic mass is 127. The number of halogens is 1. The number of nitrogens with zero attached hydrogens (tertiary/aromatic N) is 3. The van der Waals surface area contributed by atoms with Crippen molar-refractivity contribution in [3.05, 3.63) is 0 Å². The Kier molecular flexibility index (Phi) is 12.9. The molecule has 6 heteroatoms. The zero-order valence-corrected chi connectivity index (χ0v) is 18.8. The first-order valence-corrected chi connectivity index (χ1v) is 10.2. The quantitative estimate of drug-likeness (QED) is 0.251. The number of unbranched alkanes of at least 4 members (excludes halogenated alkanes) is 1. The van der Waals surface area contributed by atoms with Crippen molar-refractivity contribution >= 4 is 29.9 Å². The fraction of sp³-hybridized carbons (Fsp3) is 0.947. The molecule has 2 fully saturated rings. The second kappa shape index (κ2) is 14.0. The molecule has 0 aromatic rings. The first-order chi connectivity index (χ1) is 11.8. The van der Waals surface area contributed by atoms with E-state index in [9.17, 15) is 0 Å². The van der Waals surface area contributed by atoms with E-state index in [0.29, 0.717) is 0 Å². The number of piperidine rings is 2. The minimum absolute atomic E-state index is 0. The maximum Gasteiger partial charge on any atom is 0.191 e. The molecule has 5 nitrogen and oxygen atoms in total. The molecule has 0 aromatic carbocycles. The van der Waals surface area contributed by atoms with Crippen LogP contribution in [0.2, 0.25) is 0 Å². The van der Waals surface area contributed by atoms with Gasteiger partial charge in [0.15, 0.2) is 5.96 Å². The van der Waals surface area contributed by atoms with Crippen LogP contribution < -0.4 is 10.6 Å². The van der Waals surface area contributed by atoms with Gasteiger partial charge in [0.1, 0.15) is 0 Å². The molecule has 0 saturated carbocycles. The molecular weight excluding hydrogens is 425 g/mol. The first-order valence-electron chi connectivity index (χ1n) is 10.2. The molecule has 2 heterocycles. The highest BCUT2D eigenvalue weighted by Gasteiger charge is 2.14. The number of likely N-dealkylation sites (tertiary alicyclic amines) is 2. The highest BCUT2D eigenvalue weighted by molar-refractivity contribution is 14.0. The summed E-state index contributed by atoms with van der Waals surface area (Å²) in [5.74, 6) is 1.89. The van der Waals surface area contributed by atoms with Gasteiger partial charge in [0.05, 0.1) is 0 Å². The van der Waals surface area contributed by atoms with Gasteiger partial charge in [0.25, 0.3) is 0 Å². The van der Waals surface area contributed by atoms with Gasteiger partial charge >= 0.3 is 0 Å². The Morgan fingerprint density at radius 2 is 1.52 bits per heavy atom. The van der Waals surface area contributed by atoms with Crippen LogP contribution in [0, 0.1) is 5.92 Å². The lowest BCUT2D eigenvalue weighted by Gasteiger charge is -2.30. The van der Waals surface area contributed by atoms with Crippen LogP contribution in [-0.2, 0) is 0 Å². The zero-order chi connectivity index (χ0) is 17.0. The normalized spacial score (nSPS) is 21.0. The van der Waals surface area contributed by atoms with Crippen molar-refractivity contribution in [2.75, 3.05) is 59.4 Å². The van der Waals surface area contributed by atoms with Crippen molar-refractivity contribution in [3.63, 3.8) is 0 Å². The predicted molar refractivity (Wildman–Crippen MR) is 119 cm³/mol. The van der Waals surface area contributed by atoms with Crippen LogP contribution in [-0.4, -0.2) is 75.2 Å². The van der Waals surface area contributed by atoms with E-state index in [1.54, 1.807) is 0 Å². The number of aliphatic imine (C=N–C) groups is 1. The van der Waals surface area contributed by atoms with Gasteiger partial charge in [0.2, 0.25) is 0 Å². The lowest BCUT2D eigenvalue weighted by atomic mass is 9.99. The Morgan fingerprint density at radius 1 is 0.880 bits per heavy atom. The van der Waals surface area contributed by atoms with E-state index in [1.807, 2.05) is 7.05 Å². The van der Waals surface area contributed by atoms with Gasteiger partial charge < -0.3 is 20.4 Å². The molecule has 0 aliphatic carbocycles. The minimum Gasteiger partial charge on any atom is -0.356 e. The van der Waals surface area contributed by atoms with E-state index < -0.39 is 0 Å². The minimum atomic E-state index is 0. The third-order valence-electron chi connectivity index (χ3n) is 5.46. The Balaban J connectivity index is 0.00000312. The topological polar surface area (TPSA) is 42.9 Å². The number of nitrogens with one attached hydrogen (secondary N) is 2. The Morgan fingerprint density at radius 3 is 2.20 bits per heavy atom. The molecule has 2 aliphatic heterocycles. The Hall–Kier alpha value is -0.0800. The summed E-state index contributed by atoms with van der Waals surface area (Å²) in [4.78, 5) is 9.52. The third kappa shape index (κ3) is 9.99. The second-order valence-corrected chi connectivity index (χ2v) is 7.56. The fourth-order valence-electron chi connectivity index (χ4n) is 3.69. The van der Waals surface area contributed by atoms with Crippen LogP contribution in [0.3, 0.4) is 0 Å². The zero-order valence-electron chi connectivity index (χ0n) is 16.4. The van der Waals surface area contributed by atoms with Gasteiger partial charge in [-0.3, -0.25) is 4.99 Å². The number of hydrogen-bond donors (Lipinski definition) is 2. The molecule has 0 radical (unpaired) electrons. The van der Waals surface area contributed by atoms with E-state index >= 15 is 0 Å². The summed E-state index contributed by atoms with van der Waals surface area (Å²) in [6.07, 6.45) is 9.40. The average Bonchev–Trinajstić information content (AvgIpc) is 2.62. The van der Waals surface area contributed by atoms with Crippen molar-refractivity contribution in [1.82, 2.24) is 20.4 Å². The van der Waals surface area contributed by atoms with Crippen molar-refractivity contribution in [3.8, 4) is 0 Å². The van der Waals surface area contributed by atoms with E-state index in [4.69, 9.17) is 0 Å². The summed E-state index contributed by atoms with van der Waals surface area (Å²) in [7, 11) is 1.87. The van der Waals surface area contributed by atoms with Crippen LogP contribution in [0.5, 0.6) is 0 Å². The summed E-state index contributed by atoms with van der Waals surface area (Å²) in [6, 6.07) is 0. The summed E-state index contributed by atoms with van der Waals surface area (Å²) in [5, 5.41) is 6.90. The smallest absolute Gasteiger partial charge is 0.191 e. The van der Waals surface area contributed by atoms with Gasteiger partial charge in [0, 0.05) is 26.7 Å². The fourth-order valence-corrected chi connectivity index (χ4v) is 3.69. The number of guanidine groups is 1. The molecule has 0 spiro atoms. The molecule has 2 saturated heterocycles. The summed E-state index contributed by atoms with van der Waals surface area (Å²) >= 11 is 0. The number of hydrogen-bond acceptors (Lipinski definition) is 3. The number of rotatable bonds is 8. The molecule has 25 heavy (non-hydrogen) atoms.